The van der Waals surface area contributed by atoms with E-state index in [1.54, 1.807) is 4.52 Å². The highest BCUT2D eigenvalue weighted by atomic mass is 16.1. The van der Waals surface area contributed by atoms with Crippen molar-refractivity contribution in [2.45, 2.75) is 13.3 Å². The van der Waals surface area contributed by atoms with Gasteiger partial charge in [0.25, 0.3) is 0 Å². The number of nitrogens with one attached hydrogen (secondary N) is 1. The largest absolute Gasteiger partial charge is 0.370 e. The minimum atomic E-state index is -0.324. The number of nitrogens with zero attached hydrogens (tertiary/aromatic N) is 3. The van der Waals surface area contributed by atoms with Crippen LogP contribution in [-0.4, -0.2) is 27.0 Å². The molecule has 6 nitrogen and oxygen atoms in total. The minimum absolute atomic E-state index is 0.296. The van der Waals surface area contributed by atoms with Crippen LogP contribution in [0.4, 0.5) is 5.82 Å². The first-order valence-corrected chi connectivity index (χ1v) is 4.99. The molecule has 0 radical (unpaired) electrons. The maximum Gasteiger partial charge on any atom is 0.219 e. The first-order valence-electron chi connectivity index (χ1n) is 4.99. The number of anilines is 1. The Bertz CT molecular complexity index is 519. The number of carbonyl (C=O) groups excluding carboxylic acids is 1. The van der Waals surface area contributed by atoms with Crippen molar-refractivity contribution < 1.29 is 4.79 Å². The van der Waals surface area contributed by atoms with Gasteiger partial charge in [0, 0.05) is 13.0 Å². The summed E-state index contributed by atoms with van der Waals surface area (Å²) in [6.07, 6.45) is 1.79. The summed E-state index contributed by atoms with van der Waals surface area (Å²) in [6.45, 7) is 2.47. The van der Waals surface area contributed by atoms with Crippen molar-refractivity contribution in [3.8, 4) is 0 Å². The van der Waals surface area contributed by atoms with Gasteiger partial charge in [0.1, 0.15) is 12.1 Å². The van der Waals surface area contributed by atoms with Crippen LogP contribution in [0.25, 0.3) is 5.65 Å². The van der Waals surface area contributed by atoms with Crippen molar-refractivity contribution in [1.29, 1.82) is 0 Å². The van der Waals surface area contributed by atoms with Gasteiger partial charge in [-0.05, 0) is 24.6 Å². The normalized spacial score (nSPS) is 10.6. The molecule has 0 saturated carbocycles. The van der Waals surface area contributed by atoms with Gasteiger partial charge in [-0.2, -0.15) is 9.61 Å². The zero-order valence-electron chi connectivity index (χ0n) is 8.97. The lowest BCUT2D eigenvalue weighted by Gasteiger charge is -2.07. The van der Waals surface area contributed by atoms with Crippen LogP contribution in [0.15, 0.2) is 18.5 Å². The molecule has 0 aliphatic rings. The molecule has 0 spiro atoms. The van der Waals surface area contributed by atoms with E-state index in [0.717, 1.165) is 17.0 Å². The highest BCUT2D eigenvalue weighted by molar-refractivity contribution is 5.74. The summed E-state index contributed by atoms with van der Waals surface area (Å²) >= 11 is 0. The molecule has 0 fully saturated rings. The number of amides is 1. The highest BCUT2D eigenvalue weighted by Crippen LogP contribution is 2.12. The van der Waals surface area contributed by atoms with Crippen LogP contribution in [0.1, 0.15) is 12.0 Å². The molecule has 0 atom stereocenters. The van der Waals surface area contributed by atoms with Crippen molar-refractivity contribution in [3.63, 3.8) is 0 Å². The molecule has 6 heteroatoms. The molecule has 0 bridgehead atoms. The molecule has 0 unspecified atom stereocenters. The van der Waals surface area contributed by atoms with Crippen LogP contribution >= 0.6 is 0 Å². The summed E-state index contributed by atoms with van der Waals surface area (Å²) in [4.78, 5) is 14.7. The molecule has 16 heavy (non-hydrogen) atoms. The lowest BCUT2D eigenvalue weighted by atomic mass is 10.3. The number of fused-ring (bicyclic) bond motifs is 1. The molecule has 2 heterocycles. The molecule has 0 aromatic carbocycles. The average molecular weight is 219 g/mol. The van der Waals surface area contributed by atoms with E-state index in [1.807, 2.05) is 19.1 Å². The van der Waals surface area contributed by atoms with Crippen LogP contribution in [0.2, 0.25) is 0 Å². The lowest BCUT2D eigenvalue weighted by Crippen LogP contribution is -2.17. The number of hydrogen-bond donors (Lipinski definition) is 2. The van der Waals surface area contributed by atoms with E-state index in [0.29, 0.717) is 13.0 Å². The topological polar surface area (TPSA) is 85.3 Å². The first-order chi connectivity index (χ1) is 7.66. The van der Waals surface area contributed by atoms with Gasteiger partial charge in [-0.1, -0.05) is 0 Å². The number of hydrogen-bond acceptors (Lipinski definition) is 4. The molecule has 3 N–H and O–H groups in total. The summed E-state index contributed by atoms with van der Waals surface area (Å²) in [7, 11) is 0. The lowest BCUT2D eigenvalue weighted by molar-refractivity contribution is -0.117. The Morgan fingerprint density at radius 1 is 1.56 bits per heavy atom. The Kier molecular flexibility index (Phi) is 2.72. The Labute approximate surface area is 92.5 Å². The van der Waals surface area contributed by atoms with Gasteiger partial charge in [-0.3, -0.25) is 4.79 Å². The average Bonchev–Trinajstić information content (AvgIpc) is 2.64. The molecular weight excluding hydrogens is 206 g/mol. The van der Waals surface area contributed by atoms with Gasteiger partial charge >= 0.3 is 0 Å². The number of aryl methyl sites for hydroxylation is 1. The van der Waals surface area contributed by atoms with E-state index in [2.05, 4.69) is 15.4 Å². The van der Waals surface area contributed by atoms with Gasteiger partial charge in [0.15, 0.2) is 5.65 Å². The number of aromatic nitrogens is 3. The summed E-state index contributed by atoms with van der Waals surface area (Å²) < 4.78 is 1.69. The van der Waals surface area contributed by atoms with Crippen molar-refractivity contribution in [2.75, 3.05) is 11.9 Å². The van der Waals surface area contributed by atoms with E-state index in [4.69, 9.17) is 5.73 Å². The van der Waals surface area contributed by atoms with E-state index in [-0.39, 0.29) is 5.91 Å². The Morgan fingerprint density at radius 3 is 3.12 bits per heavy atom. The van der Waals surface area contributed by atoms with E-state index >= 15 is 0 Å². The van der Waals surface area contributed by atoms with Crippen LogP contribution in [0.3, 0.4) is 0 Å². The maximum absolute atomic E-state index is 10.6. The predicted octanol–water partition coefficient (Wildman–Crippen LogP) is 0.325. The Hall–Kier alpha value is -2.11. The van der Waals surface area contributed by atoms with Crippen molar-refractivity contribution in [1.82, 2.24) is 14.6 Å². The molecule has 0 aliphatic carbocycles. The van der Waals surface area contributed by atoms with Crippen molar-refractivity contribution in [3.05, 3.63) is 24.0 Å². The first kappa shape index (κ1) is 10.4. The fourth-order valence-electron chi connectivity index (χ4n) is 1.50. The van der Waals surface area contributed by atoms with E-state index < -0.39 is 0 Å². The maximum atomic E-state index is 10.6. The van der Waals surface area contributed by atoms with Gasteiger partial charge < -0.3 is 11.1 Å². The van der Waals surface area contributed by atoms with Crippen LogP contribution < -0.4 is 11.1 Å². The predicted molar refractivity (Wildman–Crippen MR) is 60.0 cm³/mol. The second kappa shape index (κ2) is 4.18. The quantitative estimate of drug-likeness (QED) is 0.775. The van der Waals surface area contributed by atoms with E-state index in [9.17, 15) is 4.79 Å². The zero-order valence-corrected chi connectivity index (χ0v) is 8.97. The number of carbonyl (C=O) groups is 1. The minimum Gasteiger partial charge on any atom is -0.370 e. The number of rotatable bonds is 4. The molecule has 2 rings (SSSR count). The number of nitrogens with two attached hydrogens (primary N) is 1. The number of primary amides is 1. The van der Waals surface area contributed by atoms with Gasteiger partial charge in [-0.15, -0.1) is 0 Å². The second-order valence-corrected chi connectivity index (χ2v) is 3.59. The zero-order chi connectivity index (χ0) is 11.5. The third-order valence-corrected chi connectivity index (χ3v) is 2.20. The molecule has 0 aliphatic heterocycles. The molecule has 2 aromatic heterocycles. The third-order valence-electron chi connectivity index (χ3n) is 2.20. The fraction of sp³-hybridized carbons (Fsp3) is 0.300. The van der Waals surface area contributed by atoms with Crippen LogP contribution in [0, 0.1) is 6.92 Å². The van der Waals surface area contributed by atoms with Crippen LogP contribution in [0.5, 0.6) is 0 Å². The SMILES string of the molecule is Cc1cc(NCCC(N)=O)n2ncnc2c1. The molecule has 84 valence electrons. The Balaban J connectivity index is 2.22. The fourth-order valence-corrected chi connectivity index (χ4v) is 1.50. The Morgan fingerprint density at radius 2 is 2.38 bits per heavy atom. The highest BCUT2D eigenvalue weighted by Gasteiger charge is 2.03. The van der Waals surface area contributed by atoms with E-state index in [1.165, 1.54) is 6.33 Å². The van der Waals surface area contributed by atoms with Crippen molar-refractivity contribution >= 4 is 17.4 Å². The summed E-state index contributed by atoms with van der Waals surface area (Å²) in [6, 6.07) is 3.88. The smallest absolute Gasteiger partial charge is 0.219 e. The van der Waals surface area contributed by atoms with Gasteiger partial charge in [0.2, 0.25) is 5.91 Å². The third kappa shape index (κ3) is 2.10. The van der Waals surface area contributed by atoms with Gasteiger partial charge in [0.05, 0.1) is 0 Å². The molecule has 2 aromatic rings. The van der Waals surface area contributed by atoms with Crippen LogP contribution in [-0.2, 0) is 4.79 Å². The van der Waals surface area contributed by atoms with Gasteiger partial charge in [-0.25, -0.2) is 4.98 Å². The standard InChI is InChI=1S/C10H13N5O/c1-7-4-9(12-3-2-8(11)16)15-10(5-7)13-6-14-15/h4-6,12H,2-3H2,1H3,(H2,11,16). The molecule has 1 amide bonds. The summed E-state index contributed by atoms with van der Waals surface area (Å²) in [5.74, 6) is 0.490. The number of pyridine rings is 1. The molecule has 0 saturated heterocycles. The monoisotopic (exact) mass is 219 g/mol. The molecular formula is C10H13N5O. The summed E-state index contributed by atoms with van der Waals surface area (Å²) in [5, 5.41) is 7.19. The second-order valence-electron chi connectivity index (χ2n) is 3.59. The van der Waals surface area contributed by atoms with Crippen molar-refractivity contribution in [2.24, 2.45) is 5.73 Å². The summed E-state index contributed by atoms with van der Waals surface area (Å²) in [5.41, 5.74) is 6.93.